The Morgan fingerprint density at radius 1 is 1.27 bits per heavy atom. The molecule has 0 bridgehead atoms. The van der Waals surface area contributed by atoms with Crippen LogP contribution in [0.3, 0.4) is 0 Å². The predicted molar refractivity (Wildman–Crippen MR) is 110 cm³/mol. The van der Waals surface area contributed by atoms with E-state index in [4.69, 9.17) is 11.6 Å². The topological polar surface area (TPSA) is 100 Å². The summed E-state index contributed by atoms with van der Waals surface area (Å²) >= 11 is 6.13. The molecule has 3 aromatic rings. The summed E-state index contributed by atoms with van der Waals surface area (Å²) in [6.45, 7) is 3.26. The predicted octanol–water partition coefficient (Wildman–Crippen LogP) is 3.28. The van der Waals surface area contributed by atoms with E-state index in [9.17, 15) is 19.2 Å². The summed E-state index contributed by atoms with van der Waals surface area (Å²) in [6, 6.07) is 12.2. The number of nitrogens with zero attached hydrogens (tertiary/aromatic N) is 4. The molecule has 0 unspecified atom stereocenters. The van der Waals surface area contributed by atoms with Crippen LogP contribution in [0.2, 0.25) is 5.02 Å². The van der Waals surface area contributed by atoms with Gasteiger partial charge in [0.2, 0.25) is 0 Å². The van der Waals surface area contributed by atoms with Gasteiger partial charge in [0.1, 0.15) is 17.4 Å². The number of amides is 1. The van der Waals surface area contributed by atoms with Crippen LogP contribution in [-0.4, -0.2) is 21.9 Å². The Kier molecular flexibility index (Phi) is 6.04. The van der Waals surface area contributed by atoms with E-state index in [-0.39, 0.29) is 16.8 Å². The summed E-state index contributed by atoms with van der Waals surface area (Å²) in [5.74, 6) is -1.10. The molecule has 0 atom stereocenters. The Morgan fingerprint density at radius 2 is 1.97 bits per heavy atom. The number of hydrazone groups is 1. The summed E-state index contributed by atoms with van der Waals surface area (Å²) in [5, 5.41) is 17.8. The second-order valence-electron chi connectivity index (χ2n) is 6.36. The number of hydrogen-bond acceptors (Lipinski definition) is 5. The lowest BCUT2D eigenvalue weighted by Gasteiger charge is -2.11. The number of nitrogens with one attached hydrogen (secondary N) is 1. The average molecular weight is 424 g/mol. The summed E-state index contributed by atoms with van der Waals surface area (Å²) < 4.78 is 13.9. The SMILES string of the molecule is Cc1ccc(-n2nc(C(=O)N/N=C/c3ccc(F)cc3)c(C)c(C#N)c2=O)cc1Cl. The Morgan fingerprint density at radius 3 is 2.60 bits per heavy atom. The molecule has 0 aliphatic heterocycles. The van der Waals surface area contributed by atoms with Gasteiger partial charge in [-0.2, -0.15) is 20.1 Å². The van der Waals surface area contributed by atoms with Crippen molar-refractivity contribution in [1.82, 2.24) is 15.2 Å². The highest BCUT2D eigenvalue weighted by atomic mass is 35.5. The molecule has 1 aromatic heterocycles. The summed E-state index contributed by atoms with van der Waals surface area (Å²) in [4.78, 5) is 25.3. The van der Waals surface area contributed by atoms with Crippen molar-refractivity contribution in [3.63, 3.8) is 0 Å². The molecule has 3 rings (SSSR count). The molecule has 1 amide bonds. The molecular formula is C21H15ClFN5O2. The minimum Gasteiger partial charge on any atom is -0.266 e. The lowest BCUT2D eigenvalue weighted by molar-refractivity contribution is 0.0947. The first kappa shape index (κ1) is 20.9. The maximum Gasteiger partial charge on any atom is 0.292 e. The van der Waals surface area contributed by atoms with Crippen molar-refractivity contribution in [3.8, 4) is 11.8 Å². The summed E-state index contributed by atoms with van der Waals surface area (Å²) in [7, 11) is 0. The lowest BCUT2D eigenvalue weighted by Crippen LogP contribution is -2.31. The van der Waals surface area contributed by atoms with Crippen LogP contribution in [0, 0.1) is 31.0 Å². The van der Waals surface area contributed by atoms with Crippen LogP contribution < -0.4 is 11.0 Å². The van der Waals surface area contributed by atoms with Crippen molar-refractivity contribution in [2.45, 2.75) is 13.8 Å². The zero-order valence-electron chi connectivity index (χ0n) is 16.0. The highest BCUT2D eigenvalue weighted by Gasteiger charge is 2.20. The highest BCUT2D eigenvalue weighted by molar-refractivity contribution is 6.31. The fourth-order valence-electron chi connectivity index (χ4n) is 2.61. The second-order valence-corrected chi connectivity index (χ2v) is 6.77. The van der Waals surface area contributed by atoms with E-state index in [0.717, 1.165) is 10.2 Å². The van der Waals surface area contributed by atoms with Gasteiger partial charge < -0.3 is 0 Å². The molecule has 0 aliphatic carbocycles. The summed E-state index contributed by atoms with van der Waals surface area (Å²) in [5.41, 5.74) is 3.09. The molecule has 150 valence electrons. The van der Waals surface area contributed by atoms with Crippen LogP contribution in [-0.2, 0) is 0 Å². The molecule has 0 fully saturated rings. The Balaban J connectivity index is 1.98. The Hall–Kier alpha value is -3.83. The molecule has 0 saturated carbocycles. The molecule has 2 aromatic carbocycles. The van der Waals surface area contributed by atoms with Crippen LogP contribution in [0.25, 0.3) is 5.69 Å². The standard InChI is InChI=1S/C21H15ClFN5O2/c1-12-3-8-16(9-18(12)22)28-21(30)17(10-24)13(2)19(27-28)20(29)26-25-11-14-4-6-15(23)7-5-14/h3-9,11H,1-2H3,(H,26,29)/b25-11+. The second kappa shape index (κ2) is 8.68. The van der Waals surface area contributed by atoms with E-state index in [0.29, 0.717) is 16.3 Å². The number of halogens is 2. The number of carbonyl (C=O) groups excluding carboxylic acids is 1. The van der Waals surface area contributed by atoms with E-state index in [1.807, 2.05) is 6.07 Å². The van der Waals surface area contributed by atoms with Crippen LogP contribution in [0.1, 0.15) is 32.7 Å². The van der Waals surface area contributed by atoms with E-state index in [1.165, 1.54) is 43.5 Å². The molecule has 0 saturated heterocycles. The molecule has 7 nitrogen and oxygen atoms in total. The molecule has 1 heterocycles. The Bertz CT molecular complexity index is 1260. The van der Waals surface area contributed by atoms with Crippen LogP contribution in [0.15, 0.2) is 52.4 Å². The average Bonchev–Trinajstić information content (AvgIpc) is 2.72. The highest BCUT2D eigenvalue weighted by Crippen LogP contribution is 2.19. The van der Waals surface area contributed by atoms with Crippen LogP contribution in [0.5, 0.6) is 0 Å². The molecule has 1 N–H and O–H groups in total. The summed E-state index contributed by atoms with van der Waals surface area (Å²) in [6.07, 6.45) is 1.33. The third-order valence-corrected chi connectivity index (χ3v) is 4.72. The number of benzene rings is 2. The fraction of sp³-hybridized carbons (Fsp3) is 0.0952. The zero-order valence-corrected chi connectivity index (χ0v) is 16.7. The van der Waals surface area contributed by atoms with Crippen molar-refractivity contribution < 1.29 is 9.18 Å². The molecular weight excluding hydrogens is 409 g/mol. The monoisotopic (exact) mass is 423 g/mol. The van der Waals surface area contributed by atoms with Crippen molar-refractivity contribution >= 4 is 23.7 Å². The first-order chi connectivity index (χ1) is 14.3. The molecule has 0 radical (unpaired) electrons. The van der Waals surface area contributed by atoms with E-state index in [1.54, 1.807) is 19.1 Å². The minimum atomic E-state index is -0.714. The van der Waals surface area contributed by atoms with Crippen LogP contribution >= 0.6 is 11.6 Å². The lowest BCUT2D eigenvalue weighted by atomic mass is 10.1. The van der Waals surface area contributed by atoms with Crippen molar-refractivity contribution in [1.29, 1.82) is 5.26 Å². The number of aryl methyl sites for hydroxylation is 1. The maximum absolute atomic E-state index is 12.9. The van der Waals surface area contributed by atoms with Crippen LogP contribution in [0.4, 0.5) is 4.39 Å². The van der Waals surface area contributed by atoms with Crippen molar-refractivity contribution in [3.05, 3.63) is 91.6 Å². The third kappa shape index (κ3) is 4.26. The Labute approximate surface area is 176 Å². The molecule has 30 heavy (non-hydrogen) atoms. The van der Waals surface area contributed by atoms with E-state index >= 15 is 0 Å². The molecule has 9 heteroatoms. The zero-order chi connectivity index (χ0) is 21.8. The van der Waals surface area contributed by atoms with Gasteiger partial charge in [-0.15, -0.1) is 0 Å². The quantitative estimate of drug-likeness (QED) is 0.514. The first-order valence-corrected chi connectivity index (χ1v) is 9.09. The number of nitriles is 1. The third-order valence-electron chi connectivity index (χ3n) is 4.31. The van der Waals surface area contributed by atoms with Gasteiger partial charge in [0, 0.05) is 10.6 Å². The number of carbonyl (C=O) groups is 1. The van der Waals surface area contributed by atoms with Gasteiger partial charge in [0.25, 0.3) is 11.5 Å². The number of rotatable bonds is 4. The van der Waals surface area contributed by atoms with Gasteiger partial charge in [-0.3, -0.25) is 9.59 Å². The number of aromatic nitrogens is 2. The van der Waals surface area contributed by atoms with Gasteiger partial charge >= 0.3 is 0 Å². The van der Waals surface area contributed by atoms with E-state index in [2.05, 4.69) is 15.6 Å². The first-order valence-electron chi connectivity index (χ1n) is 8.71. The van der Waals surface area contributed by atoms with Gasteiger partial charge in [0.05, 0.1) is 11.9 Å². The molecule has 0 spiro atoms. The van der Waals surface area contributed by atoms with Gasteiger partial charge in [-0.1, -0.05) is 29.8 Å². The van der Waals surface area contributed by atoms with E-state index < -0.39 is 17.3 Å². The maximum atomic E-state index is 12.9. The normalized spacial score (nSPS) is 10.8. The molecule has 0 aliphatic rings. The van der Waals surface area contributed by atoms with Gasteiger partial charge in [-0.05, 0) is 49.2 Å². The smallest absolute Gasteiger partial charge is 0.266 e. The minimum absolute atomic E-state index is 0.131. The number of hydrogen-bond donors (Lipinski definition) is 1. The van der Waals surface area contributed by atoms with Gasteiger partial charge in [0.15, 0.2) is 5.69 Å². The van der Waals surface area contributed by atoms with Crippen molar-refractivity contribution in [2.75, 3.05) is 0 Å². The van der Waals surface area contributed by atoms with Crippen molar-refractivity contribution in [2.24, 2.45) is 5.10 Å². The fourth-order valence-corrected chi connectivity index (χ4v) is 2.78. The van der Waals surface area contributed by atoms with Gasteiger partial charge in [-0.25, -0.2) is 9.82 Å². The largest absolute Gasteiger partial charge is 0.292 e.